The van der Waals surface area contributed by atoms with Gasteiger partial charge in [0.25, 0.3) is 0 Å². The van der Waals surface area contributed by atoms with Crippen LogP contribution in [-0.2, 0) is 0 Å². The van der Waals surface area contributed by atoms with Crippen LogP contribution in [0.4, 0.5) is 0 Å². The lowest BCUT2D eigenvalue weighted by atomic mass is 9.86. The van der Waals surface area contributed by atoms with E-state index >= 15 is 0 Å². The number of terminal acetylenes is 1. The molecule has 0 bridgehead atoms. The Morgan fingerprint density at radius 3 is 2.23 bits per heavy atom. The fourth-order valence-corrected chi connectivity index (χ4v) is 0.808. The van der Waals surface area contributed by atoms with Crippen LogP contribution < -0.4 is 5.32 Å². The van der Waals surface area contributed by atoms with E-state index in [4.69, 9.17) is 6.42 Å². The summed E-state index contributed by atoms with van der Waals surface area (Å²) in [5.74, 6) is 2.59. The lowest BCUT2D eigenvalue weighted by Crippen LogP contribution is -2.56. The molecule has 0 saturated carbocycles. The number of rotatable bonds is 5. The van der Waals surface area contributed by atoms with E-state index in [1.54, 1.807) is 13.8 Å². The minimum Gasteiger partial charge on any atom is -0.389 e. The van der Waals surface area contributed by atoms with Crippen molar-refractivity contribution in [1.29, 1.82) is 0 Å². The zero-order valence-corrected chi connectivity index (χ0v) is 9.15. The third kappa shape index (κ3) is 4.31. The summed E-state index contributed by atoms with van der Waals surface area (Å²) < 4.78 is 0. The Labute approximate surface area is 81.7 Å². The molecule has 0 spiro atoms. The number of unbranched alkanes of at least 4 members (excludes halogenated alkanes) is 1. The van der Waals surface area contributed by atoms with Gasteiger partial charge in [-0.15, -0.1) is 12.3 Å². The Morgan fingerprint density at radius 2 is 1.85 bits per heavy atom. The maximum atomic E-state index is 9.80. The predicted octanol–water partition coefficient (Wildman–Crippen LogP) is 1.54. The molecule has 0 rings (SSSR count). The van der Waals surface area contributed by atoms with Crippen LogP contribution in [0, 0.1) is 12.3 Å². The quantitative estimate of drug-likeness (QED) is 0.500. The van der Waals surface area contributed by atoms with E-state index in [1.807, 2.05) is 13.8 Å². The molecule has 0 heterocycles. The Morgan fingerprint density at radius 1 is 1.31 bits per heavy atom. The maximum Gasteiger partial charge on any atom is 0.0767 e. The van der Waals surface area contributed by atoms with Crippen LogP contribution in [-0.4, -0.2) is 22.8 Å². The largest absolute Gasteiger partial charge is 0.389 e. The van der Waals surface area contributed by atoms with Crippen molar-refractivity contribution in [2.45, 2.75) is 51.7 Å². The molecule has 0 aliphatic heterocycles. The average Bonchev–Trinajstić information content (AvgIpc) is 1.96. The average molecular weight is 183 g/mol. The summed E-state index contributed by atoms with van der Waals surface area (Å²) in [7, 11) is 0. The summed E-state index contributed by atoms with van der Waals surface area (Å²) in [6.07, 6.45) is 6.88. The number of aliphatic hydroxyl groups is 1. The van der Waals surface area contributed by atoms with Crippen molar-refractivity contribution >= 4 is 0 Å². The maximum absolute atomic E-state index is 9.80. The van der Waals surface area contributed by atoms with E-state index in [0.717, 1.165) is 19.4 Å². The third-order valence-electron chi connectivity index (χ3n) is 2.59. The van der Waals surface area contributed by atoms with Crippen LogP contribution in [0.1, 0.15) is 40.5 Å². The topological polar surface area (TPSA) is 32.3 Å². The summed E-state index contributed by atoms with van der Waals surface area (Å²) in [5, 5.41) is 13.1. The Bertz CT molecular complexity index is 183. The van der Waals surface area contributed by atoms with Gasteiger partial charge in [-0.3, -0.25) is 0 Å². The molecule has 76 valence electrons. The minimum absolute atomic E-state index is 0.276. The summed E-state index contributed by atoms with van der Waals surface area (Å²) >= 11 is 0. The Hall–Kier alpha value is -0.520. The fraction of sp³-hybridized carbons (Fsp3) is 0.818. The van der Waals surface area contributed by atoms with Gasteiger partial charge >= 0.3 is 0 Å². The van der Waals surface area contributed by atoms with Gasteiger partial charge < -0.3 is 10.4 Å². The summed E-state index contributed by atoms with van der Waals surface area (Å²) in [4.78, 5) is 0. The van der Waals surface area contributed by atoms with Crippen molar-refractivity contribution in [3.05, 3.63) is 0 Å². The van der Waals surface area contributed by atoms with Gasteiger partial charge in [-0.1, -0.05) is 0 Å². The molecule has 0 unspecified atom stereocenters. The highest BCUT2D eigenvalue weighted by atomic mass is 16.3. The smallest absolute Gasteiger partial charge is 0.0767 e. The number of nitrogens with one attached hydrogen (secondary N) is 1. The predicted molar refractivity (Wildman–Crippen MR) is 56.4 cm³/mol. The molecule has 0 aromatic carbocycles. The van der Waals surface area contributed by atoms with Gasteiger partial charge in [-0.05, 0) is 40.7 Å². The second-order valence-electron chi connectivity index (χ2n) is 4.42. The van der Waals surface area contributed by atoms with Crippen molar-refractivity contribution in [3.63, 3.8) is 0 Å². The molecule has 2 nitrogen and oxygen atoms in total. The highest BCUT2D eigenvalue weighted by molar-refractivity contribution is 4.93. The SMILES string of the molecule is C#CCCCNC(C)(C)C(C)(C)O. The first-order valence-corrected chi connectivity index (χ1v) is 4.72. The van der Waals surface area contributed by atoms with Gasteiger partial charge in [0, 0.05) is 12.0 Å². The van der Waals surface area contributed by atoms with Crippen molar-refractivity contribution < 1.29 is 5.11 Å². The summed E-state index contributed by atoms with van der Waals surface area (Å²) in [5.41, 5.74) is -0.995. The molecular weight excluding hydrogens is 162 g/mol. The van der Waals surface area contributed by atoms with Crippen molar-refractivity contribution in [1.82, 2.24) is 5.32 Å². The molecule has 0 atom stereocenters. The van der Waals surface area contributed by atoms with Gasteiger partial charge in [-0.2, -0.15) is 0 Å². The second kappa shape index (κ2) is 4.64. The zero-order valence-electron chi connectivity index (χ0n) is 9.15. The van der Waals surface area contributed by atoms with E-state index in [0.29, 0.717) is 0 Å². The molecule has 0 aromatic heterocycles. The number of hydrogen-bond donors (Lipinski definition) is 2. The Balaban J connectivity index is 3.85. The first-order chi connectivity index (χ1) is 5.81. The molecular formula is C11H21NO. The van der Waals surface area contributed by atoms with Gasteiger partial charge in [0.05, 0.1) is 5.60 Å². The lowest BCUT2D eigenvalue weighted by molar-refractivity contribution is -0.00430. The van der Waals surface area contributed by atoms with Crippen LogP contribution in [0.5, 0.6) is 0 Å². The third-order valence-corrected chi connectivity index (χ3v) is 2.59. The van der Waals surface area contributed by atoms with Crippen LogP contribution in [0.2, 0.25) is 0 Å². The van der Waals surface area contributed by atoms with E-state index in [2.05, 4.69) is 11.2 Å². The standard InChI is InChI=1S/C11H21NO/c1-6-7-8-9-12-10(2,3)11(4,5)13/h1,12-13H,7-9H2,2-5H3. The van der Waals surface area contributed by atoms with Crippen LogP contribution in [0.25, 0.3) is 0 Å². The van der Waals surface area contributed by atoms with Crippen molar-refractivity contribution in [2.75, 3.05) is 6.54 Å². The summed E-state index contributed by atoms with van der Waals surface area (Å²) in [6, 6.07) is 0. The van der Waals surface area contributed by atoms with Gasteiger partial charge in [0.15, 0.2) is 0 Å². The number of hydrogen-bond acceptors (Lipinski definition) is 2. The van der Waals surface area contributed by atoms with Crippen molar-refractivity contribution in [3.8, 4) is 12.3 Å². The van der Waals surface area contributed by atoms with Crippen molar-refractivity contribution in [2.24, 2.45) is 0 Å². The van der Waals surface area contributed by atoms with Gasteiger partial charge in [0.2, 0.25) is 0 Å². The van der Waals surface area contributed by atoms with Crippen LogP contribution in [0.15, 0.2) is 0 Å². The molecule has 2 heteroatoms. The zero-order chi connectivity index (χ0) is 10.5. The first-order valence-electron chi connectivity index (χ1n) is 4.72. The molecule has 0 aliphatic carbocycles. The molecule has 13 heavy (non-hydrogen) atoms. The van der Waals surface area contributed by atoms with Crippen LogP contribution in [0.3, 0.4) is 0 Å². The molecule has 0 amide bonds. The van der Waals surface area contributed by atoms with Gasteiger partial charge in [-0.25, -0.2) is 0 Å². The molecule has 0 aromatic rings. The molecule has 2 N–H and O–H groups in total. The molecule has 0 saturated heterocycles. The van der Waals surface area contributed by atoms with Crippen LogP contribution >= 0.6 is 0 Å². The molecule has 0 fully saturated rings. The fourth-order valence-electron chi connectivity index (χ4n) is 0.808. The monoisotopic (exact) mass is 183 g/mol. The van der Waals surface area contributed by atoms with E-state index in [9.17, 15) is 5.11 Å². The highest BCUT2D eigenvalue weighted by Gasteiger charge is 2.33. The second-order valence-corrected chi connectivity index (χ2v) is 4.42. The van der Waals surface area contributed by atoms with E-state index < -0.39 is 5.60 Å². The molecule has 0 radical (unpaired) electrons. The van der Waals surface area contributed by atoms with Gasteiger partial charge in [0.1, 0.15) is 0 Å². The van der Waals surface area contributed by atoms with E-state index in [1.165, 1.54) is 0 Å². The lowest BCUT2D eigenvalue weighted by Gasteiger charge is -2.38. The minimum atomic E-state index is -0.719. The molecule has 0 aliphatic rings. The normalized spacial score (nSPS) is 12.6. The summed E-state index contributed by atoms with van der Waals surface area (Å²) in [6.45, 7) is 8.44. The van der Waals surface area contributed by atoms with E-state index in [-0.39, 0.29) is 5.54 Å². The Kier molecular flexibility index (Phi) is 4.46. The highest BCUT2D eigenvalue weighted by Crippen LogP contribution is 2.20. The first kappa shape index (κ1) is 12.5.